The second-order valence-electron chi connectivity index (χ2n) is 7.24. The molecule has 0 saturated carbocycles. The number of benzene rings is 1. The van der Waals surface area contributed by atoms with Crippen molar-refractivity contribution in [3.05, 3.63) is 35.9 Å². The maximum atomic E-state index is 12.6. The smallest absolute Gasteiger partial charge is 0.224 e. The normalized spacial score (nSPS) is 21.0. The maximum Gasteiger partial charge on any atom is 0.224 e. The summed E-state index contributed by atoms with van der Waals surface area (Å²) in [5.41, 5.74) is 1.09. The minimum Gasteiger partial charge on any atom is -0.341 e. The first-order valence-corrected chi connectivity index (χ1v) is 9.65. The van der Waals surface area contributed by atoms with Crippen molar-refractivity contribution < 1.29 is 9.59 Å². The predicted molar refractivity (Wildman–Crippen MR) is 102 cm³/mol. The Balaban J connectivity index is 1.47. The highest BCUT2D eigenvalue weighted by atomic mass is 16.2. The third-order valence-corrected chi connectivity index (χ3v) is 5.44. The molecule has 2 aliphatic heterocycles. The number of nitrogens with zero attached hydrogens (tertiary/aromatic N) is 3. The minimum atomic E-state index is 0.0155. The van der Waals surface area contributed by atoms with Crippen molar-refractivity contribution in [2.45, 2.75) is 32.4 Å². The fourth-order valence-corrected chi connectivity index (χ4v) is 3.85. The van der Waals surface area contributed by atoms with E-state index < -0.39 is 0 Å². The van der Waals surface area contributed by atoms with Gasteiger partial charge in [-0.2, -0.15) is 0 Å². The van der Waals surface area contributed by atoms with E-state index in [1.807, 2.05) is 35.2 Å². The third kappa shape index (κ3) is 5.05. The molecule has 0 bridgehead atoms. The summed E-state index contributed by atoms with van der Waals surface area (Å²) < 4.78 is 0. The summed E-state index contributed by atoms with van der Waals surface area (Å²) in [5, 5.41) is 3.38. The van der Waals surface area contributed by atoms with Gasteiger partial charge in [0.1, 0.15) is 0 Å². The first kappa shape index (κ1) is 18.9. The molecule has 1 atom stereocenters. The van der Waals surface area contributed by atoms with E-state index in [-0.39, 0.29) is 11.8 Å². The van der Waals surface area contributed by atoms with Gasteiger partial charge in [0.25, 0.3) is 0 Å². The van der Waals surface area contributed by atoms with Crippen molar-refractivity contribution >= 4 is 11.8 Å². The van der Waals surface area contributed by atoms with Gasteiger partial charge in [0.05, 0.1) is 0 Å². The van der Waals surface area contributed by atoms with Crippen molar-refractivity contribution in [3.63, 3.8) is 0 Å². The molecular weight excluding hydrogens is 328 g/mol. The highest BCUT2D eigenvalue weighted by Crippen LogP contribution is 2.17. The maximum absolute atomic E-state index is 12.6. The van der Waals surface area contributed by atoms with Gasteiger partial charge in [0.2, 0.25) is 11.8 Å². The Bertz CT molecular complexity index is 601. The van der Waals surface area contributed by atoms with Crippen LogP contribution in [0.25, 0.3) is 0 Å². The van der Waals surface area contributed by atoms with Gasteiger partial charge >= 0.3 is 0 Å². The van der Waals surface area contributed by atoms with Gasteiger partial charge in [-0.05, 0) is 12.0 Å². The van der Waals surface area contributed by atoms with Crippen LogP contribution in [-0.2, 0) is 16.1 Å². The monoisotopic (exact) mass is 358 g/mol. The number of amides is 2. The molecule has 3 rings (SSSR count). The summed E-state index contributed by atoms with van der Waals surface area (Å²) >= 11 is 0. The number of hydrogen-bond acceptors (Lipinski definition) is 4. The summed E-state index contributed by atoms with van der Waals surface area (Å²) in [5.74, 6) is 0.184. The molecule has 142 valence electrons. The van der Waals surface area contributed by atoms with Crippen LogP contribution in [0.2, 0.25) is 0 Å². The van der Waals surface area contributed by atoms with Crippen LogP contribution in [0.15, 0.2) is 30.3 Å². The lowest BCUT2D eigenvalue weighted by Gasteiger charge is -2.32. The summed E-state index contributed by atoms with van der Waals surface area (Å²) in [6.07, 6.45) is 1.47. The van der Waals surface area contributed by atoms with E-state index in [1.54, 1.807) is 11.8 Å². The SMILES string of the molecule is CC(=O)N(CCC(=O)N1CCC(N2CCNCC2)C1)Cc1ccccc1. The van der Waals surface area contributed by atoms with Gasteiger partial charge in [0.15, 0.2) is 0 Å². The number of likely N-dealkylation sites (tertiary alicyclic amines) is 1. The van der Waals surface area contributed by atoms with E-state index in [2.05, 4.69) is 10.2 Å². The van der Waals surface area contributed by atoms with E-state index in [1.165, 1.54) is 0 Å². The lowest BCUT2D eigenvalue weighted by Crippen LogP contribution is -2.49. The van der Waals surface area contributed by atoms with Gasteiger partial charge in [-0.3, -0.25) is 14.5 Å². The molecule has 2 saturated heterocycles. The number of hydrogen-bond donors (Lipinski definition) is 1. The van der Waals surface area contributed by atoms with Gasteiger partial charge in [-0.1, -0.05) is 30.3 Å². The zero-order chi connectivity index (χ0) is 18.4. The lowest BCUT2D eigenvalue weighted by atomic mass is 10.2. The van der Waals surface area contributed by atoms with Crippen LogP contribution in [-0.4, -0.2) is 78.4 Å². The summed E-state index contributed by atoms with van der Waals surface area (Å²) in [4.78, 5) is 30.8. The largest absolute Gasteiger partial charge is 0.341 e. The molecule has 0 spiro atoms. The molecule has 1 N–H and O–H groups in total. The molecule has 6 heteroatoms. The van der Waals surface area contributed by atoms with Crippen LogP contribution in [0.1, 0.15) is 25.3 Å². The predicted octanol–water partition coefficient (Wildman–Crippen LogP) is 0.931. The number of carbonyl (C=O) groups excluding carboxylic acids is 2. The van der Waals surface area contributed by atoms with Crippen molar-refractivity contribution in [1.82, 2.24) is 20.0 Å². The Hall–Kier alpha value is -1.92. The van der Waals surface area contributed by atoms with Crippen molar-refractivity contribution in [1.29, 1.82) is 0 Å². The van der Waals surface area contributed by atoms with Crippen molar-refractivity contribution in [3.8, 4) is 0 Å². The van der Waals surface area contributed by atoms with E-state index in [9.17, 15) is 9.59 Å². The average molecular weight is 358 g/mol. The van der Waals surface area contributed by atoms with Gasteiger partial charge in [-0.15, -0.1) is 0 Å². The van der Waals surface area contributed by atoms with E-state index >= 15 is 0 Å². The van der Waals surface area contributed by atoms with Crippen LogP contribution < -0.4 is 5.32 Å². The zero-order valence-electron chi connectivity index (χ0n) is 15.7. The summed E-state index contributed by atoms with van der Waals surface area (Å²) in [6, 6.07) is 10.4. The highest BCUT2D eigenvalue weighted by molar-refractivity contribution is 5.78. The number of piperazine rings is 1. The molecule has 2 heterocycles. The quantitative estimate of drug-likeness (QED) is 0.822. The minimum absolute atomic E-state index is 0.0155. The van der Waals surface area contributed by atoms with Crippen molar-refractivity contribution in [2.75, 3.05) is 45.8 Å². The lowest BCUT2D eigenvalue weighted by molar-refractivity contribution is -0.133. The Morgan fingerprint density at radius 3 is 2.58 bits per heavy atom. The molecule has 1 aromatic rings. The molecule has 1 aromatic carbocycles. The van der Waals surface area contributed by atoms with Crippen LogP contribution >= 0.6 is 0 Å². The first-order valence-electron chi connectivity index (χ1n) is 9.65. The molecule has 2 fully saturated rings. The fraction of sp³-hybridized carbons (Fsp3) is 0.600. The highest BCUT2D eigenvalue weighted by Gasteiger charge is 2.30. The Morgan fingerprint density at radius 2 is 1.88 bits per heavy atom. The van der Waals surface area contributed by atoms with Crippen molar-refractivity contribution in [2.24, 2.45) is 0 Å². The number of nitrogens with one attached hydrogen (secondary N) is 1. The Morgan fingerprint density at radius 1 is 1.15 bits per heavy atom. The van der Waals surface area contributed by atoms with Gasteiger partial charge in [0, 0.05) is 71.7 Å². The van der Waals surface area contributed by atoms with Gasteiger partial charge < -0.3 is 15.1 Å². The molecule has 0 aliphatic carbocycles. The number of carbonyl (C=O) groups is 2. The topological polar surface area (TPSA) is 55.9 Å². The second kappa shape index (κ2) is 9.14. The molecule has 2 aliphatic rings. The molecule has 1 unspecified atom stereocenters. The molecule has 26 heavy (non-hydrogen) atoms. The van der Waals surface area contributed by atoms with Gasteiger partial charge in [-0.25, -0.2) is 0 Å². The van der Waals surface area contributed by atoms with Crippen LogP contribution in [0, 0.1) is 0 Å². The molecule has 0 aromatic heterocycles. The summed E-state index contributed by atoms with van der Waals surface area (Å²) in [7, 11) is 0. The van der Waals surface area contributed by atoms with Crippen LogP contribution in [0.4, 0.5) is 0 Å². The molecular formula is C20H30N4O2. The van der Waals surface area contributed by atoms with E-state index in [0.29, 0.717) is 25.6 Å². The Labute approximate surface area is 156 Å². The van der Waals surface area contributed by atoms with E-state index in [4.69, 9.17) is 0 Å². The zero-order valence-corrected chi connectivity index (χ0v) is 15.7. The van der Waals surface area contributed by atoms with Crippen LogP contribution in [0.3, 0.4) is 0 Å². The second-order valence-corrected chi connectivity index (χ2v) is 7.24. The average Bonchev–Trinajstić information content (AvgIpc) is 3.16. The van der Waals surface area contributed by atoms with E-state index in [0.717, 1.165) is 51.3 Å². The molecule has 0 radical (unpaired) electrons. The summed E-state index contributed by atoms with van der Waals surface area (Å²) in [6.45, 7) is 8.51. The van der Waals surface area contributed by atoms with Crippen LogP contribution in [0.5, 0.6) is 0 Å². The standard InChI is InChI=1S/C20H30N4O2/c1-17(25)23(15-18-5-3-2-4-6-18)12-8-20(26)24-11-7-19(16-24)22-13-9-21-10-14-22/h2-6,19,21H,7-16H2,1H3. The third-order valence-electron chi connectivity index (χ3n) is 5.44. The molecule has 2 amide bonds. The first-order chi connectivity index (χ1) is 12.6. The fourth-order valence-electron chi connectivity index (χ4n) is 3.85. The Kier molecular flexibility index (Phi) is 6.63. The number of rotatable bonds is 6. The molecule has 6 nitrogen and oxygen atoms in total.